The van der Waals surface area contributed by atoms with Gasteiger partial charge < -0.3 is 10.6 Å². The number of rotatable bonds is 5. The van der Waals surface area contributed by atoms with E-state index in [1.807, 2.05) is 6.92 Å². The monoisotopic (exact) mass is 314 g/mol. The maximum absolute atomic E-state index is 11.9. The number of nitrogens with one attached hydrogen (secondary N) is 2. The number of halogens is 1. The number of carbonyl (C=O) groups excluding carboxylic acids is 1. The van der Waals surface area contributed by atoms with E-state index in [2.05, 4.69) is 41.8 Å². The van der Waals surface area contributed by atoms with Crippen LogP contribution in [0.2, 0.25) is 5.02 Å². The maximum Gasteiger partial charge on any atom is 0.250 e. The number of amides is 1. The summed E-state index contributed by atoms with van der Waals surface area (Å²) in [6, 6.07) is 15.3. The molecule has 4 heteroatoms. The zero-order chi connectivity index (χ0) is 15.9. The lowest BCUT2D eigenvalue weighted by Gasteiger charge is -2.08. The molecule has 0 saturated carbocycles. The predicted molar refractivity (Wildman–Crippen MR) is 91.9 cm³/mol. The highest BCUT2D eigenvalue weighted by atomic mass is 35.5. The van der Waals surface area contributed by atoms with Crippen molar-refractivity contribution in [3.05, 3.63) is 76.5 Å². The van der Waals surface area contributed by atoms with Crippen molar-refractivity contribution in [3.63, 3.8) is 0 Å². The van der Waals surface area contributed by atoms with E-state index in [0.29, 0.717) is 11.6 Å². The summed E-state index contributed by atoms with van der Waals surface area (Å²) in [5, 5.41) is 6.66. The van der Waals surface area contributed by atoms with Crippen LogP contribution in [0, 0.1) is 6.92 Å². The molecule has 0 aromatic heterocycles. The first kappa shape index (κ1) is 16.1. The minimum atomic E-state index is -0.170. The highest BCUT2D eigenvalue weighted by molar-refractivity contribution is 6.30. The van der Waals surface area contributed by atoms with Crippen LogP contribution in [0.15, 0.2) is 60.3 Å². The van der Waals surface area contributed by atoms with Gasteiger partial charge in [-0.1, -0.05) is 41.4 Å². The third kappa shape index (κ3) is 5.26. The Morgan fingerprint density at radius 3 is 2.36 bits per heavy atom. The van der Waals surface area contributed by atoms with Crippen LogP contribution in [0.5, 0.6) is 0 Å². The van der Waals surface area contributed by atoms with Gasteiger partial charge in [0.1, 0.15) is 0 Å². The van der Waals surface area contributed by atoms with Crippen LogP contribution in [0.3, 0.4) is 0 Å². The molecule has 2 N–H and O–H groups in total. The average Bonchev–Trinajstić information content (AvgIpc) is 2.49. The van der Waals surface area contributed by atoms with Crippen molar-refractivity contribution in [1.82, 2.24) is 5.32 Å². The Bertz CT molecular complexity index is 660. The van der Waals surface area contributed by atoms with Crippen molar-refractivity contribution >= 4 is 23.2 Å². The Morgan fingerprint density at radius 2 is 1.73 bits per heavy atom. The summed E-state index contributed by atoms with van der Waals surface area (Å²) in [7, 11) is 0. The molecule has 0 aliphatic carbocycles. The average molecular weight is 315 g/mol. The van der Waals surface area contributed by atoms with E-state index in [0.717, 1.165) is 11.4 Å². The van der Waals surface area contributed by atoms with Crippen molar-refractivity contribution < 1.29 is 4.79 Å². The van der Waals surface area contributed by atoms with E-state index in [9.17, 15) is 4.79 Å². The topological polar surface area (TPSA) is 41.1 Å². The summed E-state index contributed by atoms with van der Waals surface area (Å²) in [5.41, 5.74) is 3.94. The molecule has 0 aliphatic rings. The summed E-state index contributed by atoms with van der Waals surface area (Å²) in [6.45, 7) is 4.62. The predicted octanol–water partition coefficient (Wildman–Crippen LogP) is 4.28. The van der Waals surface area contributed by atoms with Gasteiger partial charge in [-0.3, -0.25) is 4.79 Å². The first-order chi connectivity index (χ1) is 10.5. The van der Waals surface area contributed by atoms with Crippen LogP contribution in [0.4, 0.5) is 5.69 Å². The molecule has 0 fully saturated rings. The maximum atomic E-state index is 11.9. The van der Waals surface area contributed by atoms with Gasteiger partial charge in [0.15, 0.2) is 0 Å². The molecule has 0 saturated heterocycles. The van der Waals surface area contributed by atoms with Gasteiger partial charge in [0.05, 0.1) is 0 Å². The smallest absolute Gasteiger partial charge is 0.250 e. The van der Waals surface area contributed by atoms with Gasteiger partial charge >= 0.3 is 0 Å². The van der Waals surface area contributed by atoms with Crippen LogP contribution in [-0.2, 0) is 11.3 Å². The van der Waals surface area contributed by atoms with Gasteiger partial charge in [-0.15, -0.1) is 0 Å². The zero-order valence-electron chi connectivity index (χ0n) is 12.7. The molecular weight excluding hydrogens is 296 g/mol. The fourth-order valence-corrected chi connectivity index (χ4v) is 2.03. The first-order valence-corrected chi connectivity index (χ1v) is 7.45. The van der Waals surface area contributed by atoms with E-state index in [1.165, 1.54) is 11.1 Å². The van der Waals surface area contributed by atoms with Crippen molar-refractivity contribution in [2.45, 2.75) is 20.4 Å². The number of anilines is 1. The number of aryl methyl sites for hydroxylation is 1. The Balaban J connectivity index is 1.86. The molecule has 0 aliphatic heterocycles. The van der Waals surface area contributed by atoms with Crippen LogP contribution >= 0.6 is 11.6 Å². The Kier molecular flexibility index (Phi) is 5.61. The molecule has 2 rings (SSSR count). The van der Waals surface area contributed by atoms with Crippen molar-refractivity contribution in [3.8, 4) is 0 Å². The summed E-state index contributed by atoms with van der Waals surface area (Å²) < 4.78 is 0. The van der Waals surface area contributed by atoms with Gasteiger partial charge in [-0.25, -0.2) is 0 Å². The van der Waals surface area contributed by atoms with E-state index in [4.69, 9.17) is 11.6 Å². The van der Waals surface area contributed by atoms with Gasteiger partial charge in [0, 0.05) is 29.0 Å². The number of benzene rings is 2. The van der Waals surface area contributed by atoms with Crippen LogP contribution in [0.25, 0.3) is 0 Å². The van der Waals surface area contributed by atoms with Gasteiger partial charge in [0.2, 0.25) is 5.91 Å². The summed E-state index contributed by atoms with van der Waals surface area (Å²) in [4.78, 5) is 11.9. The molecule has 0 radical (unpaired) electrons. The zero-order valence-corrected chi connectivity index (χ0v) is 13.4. The van der Waals surface area contributed by atoms with Gasteiger partial charge in [-0.05, 0) is 43.7 Å². The van der Waals surface area contributed by atoms with E-state index >= 15 is 0 Å². The highest BCUT2D eigenvalue weighted by Gasteiger charge is 2.00. The summed E-state index contributed by atoms with van der Waals surface area (Å²) in [6.07, 6.45) is 1.54. The normalized spacial score (nSPS) is 11.1. The van der Waals surface area contributed by atoms with Crippen molar-refractivity contribution in [1.29, 1.82) is 0 Å². The molecule has 22 heavy (non-hydrogen) atoms. The molecule has 1 amide bonds. The third-order valence-corrected chi connectivity index (χ3v) is 3.40. The summed E-state index contributed by atoms with van der Waals surface area (Å²) >= 11 is 5.81. The standard InChI is InChI=1S/C18H19ClN2O/c1-13-3-5-15(6-4-13)12-20-14(2)11-18(22)21-17-9-7-16(19)8-10-17/h3-11,20H,12H2,1-2H3,(H,21,22)/b14-11-. The van der Waals surface area contributed by atoms with Crippen LogP contribution < -0.4 is 10.6 Å². The second-order valence-corrected chi connectivity index (χ2v) is 5.60. The molecular formula is C18H19ClN2O. The third-order valence-electron chi connectivity index (χ3n) is 3.15. The minimum absolute atomic E-state index is 0.170. The Labute approximate surface area is 136 Å². The molecule has 0 unspecified atom stereocenters. The SMILES string of the molecule is C/C(=C/C(=O)Nc1ccc(Cl)cc1)NCc1ccc(C)cc1. The van der Waals surface area contributed by atoms with Gasteiger partial charge in [0.25, 0.3) is 0 Å². The van der Waals surface area contributed by atoms with E-state index in [-0.39, 0.29) is 5.91 Å². The van der Waals surface area contributed by atoms with Crippen LogP contribution in [0.1, 0.15) is 18.1 Å². The summed E-state index contributed by atoms with van der Waals surface area (Å²) in [5.74, 6) is -0.170. The minimum Gasteiger partial charge on any atom is -0.384 e. The molecule has 0 bridgehead atoms. The first-order valence-electron chi connectivity index (χ1n) is 7.07. The fourth-order valence-electron chi connectivity index (χ4n) is 1.91. The second kappa shape index (κ2) is 7.66. The number of hydrogen-bond donors (Lipinski definition) is 2. The molecule has 0 atom stereocenters. The Hall–Kier alpha value is -2.26. The largest absolute Gasteiger partial charge is 0.384 e. The molecule has 114 valence electrons. The van der Waals surface area contributed by atoms with Crippen molar-refractivity contribution in [2.24, 2.45) is 0 Å². The van der Waals surface area contributed by atoms with Gasteiger partial charge in [-0.2, -0.15) is 0 Å². The number of hydrogen-bond acceptors (Lipinski definition) is 2. The second-order valence-electron chi connectivity index (χ2n) is 5.16. The lowest BCUT2D eigenvalue weighted by molar-refractivity contribution is -0.112. The lowest BCUT2D eigenvalue weighted by atomic mass is 10.1. The number of carbonyl (C=O) groups is 1. The molecule has 3 nitrogen and oxygen atoms in total. The quantitative estimate of drug-likeness (QED) is 0.809. The van der Waals surface area contributed by atoms with Crippen LogP contribution in [-0.4, -0.2) is 5.91 Å². The Morgan fingerprint density at radius 1 is 1.09 bits per heavy atom. The van der Waals surface area contributed by atoms with E-state index in [1.54, 1.807) is 30.3 Å². The van der Waals surface area contributed by atoms with E-state index < -0.39 is 0 Å². The lowest BCUT2D eigenvalue weighted by Crippen LogP contribution is -2.15. The molecule has 2 aromatic carbocycles. The molecule has 0 spiro atoms. The highest BCUT2D eigenvalue weighted by Crippen LogP contribution is 2.13. The molecule has 0 heterocycles. The van der Waals surface area contributed by atoms with Crippen molar-refractivity contribution in [2.75, 3.05) is 5.32 Å². The molecule has 2 aromatic rings. The fraction of sp³-hybridized carbons (Fsp3) is 0.167. The number of allylic oxidation sites excluding steroid dienone is 1.